The van der Waals surface area contributed by atoms with Gasteiger partial charge in [0, 0.05) is 32.6 Å². The van der Waals surface area contributed by atoms with Crippen molar-refractivity contribution >= 4 is 22.4 Å². The van der Waals surface area contributed by atoms with Crippen molar-refractivity contribution in [1.82, 2.24) is 15.6 Å². The SMILES string of the molecule is CCNC(=NCc1csc(N(C)C)n1)NCCCC1CCCC1. The summed E-state index contributed by atoms with van der Waals surface area (Å²) in [5, 5.41) is 9.88. The van der Waals surface area contributed by atoms with Crippen LogP contribution in [0, 0.1) is 5.92 Å². The zero-order valence-electron chi connectivity index (χ0n) is 14.8. The van der Waals surface area contributed by atoms with Gasteiger partial charge in [-0.1, -0.05) is 25.7 Å². The summed E-state index contributed by atoms with van der Waals surface area (Å²) in [5.74, 6) is 1.87. The van der Waals surface area contributed by atoms with Crippen molar-refractivity contribution in [1.29, 1.82) is 0 Å². The number of nitrogens with zero attached hydrogens (tertiary/aromatic N) is 3. The van der Waals surface area contributed by atoms with Crippen LogP contribution in [0.25, 0.3) is 0 Å². The van der Waals surface area contributed by atoms with Gasteiger partial charge in [0.25, 0.3) is 0 Å². The highest BCUT2D eigenvalue weighted by Gasteiger charge is 2.14. The maximum atomic E-state index is 4.65. The highest BCUT2D eigenvalue weighted by molar-refractivity contribution is 7.13. The van der Waals surface area contributed by atoms with Gasteiger partial charge >= 0.3 is 0 Å². The van der Waals surface area contributed by atoms with E-state index in [1.807, 2.05) is 19.0 Å². The molecule has 23 heavy (non-hydrogen) atoms. The first-order valence-electron chi connectivity index (χ1n) is 8.83. The van der Waals surface area contributed by atoms with E-state index in [9.17, 15) is 0 Å². The molecule has 1 aliphatic carbocycles. The molecule has 0 amide bonds. The zero-order chi connectivity index (χ0) is 16.5. The van der Waals surface area contributed by atoms with Crippen molar-refractivity contribution in [3.8, 4) is 0 Å². The summed E-state index contributed by atoms with van der Waals surface area (Å²) < 4.78 is 0. The number of hydrogen-bond acceptors (Lipinski definition) is 4. The molecular formula is C17H31N5S. The molecule has 1 saturated carbocycles. The number of rotatable bonds is 8. The van der Waals surface area contributed by atoms with Crippen molar-refractivity contribution in [2.75, 3.05) is 32.1 Å². The number of guanidine groups is 1. The van der Waals surface area contributed by atoms with Gasteiger partial charge in [0.2, 0.25) is 0 Å². The minimum Gasteiger partial charge on any atom is -0.357 e. The summed E-state index contributed by atoms with van der Waals surface area (Å²) in [4.78, 5) is 11.3. The summed E-state index contributed by atoms with van der Waals surface area (Å²) in [6, 6.07) is 0. The highest BCUT2D eigenvalue weighted by atomic mass is 32.1. The Balaban J connectivity index is 1.74. The van der Waals surface area contributed by atoms with Crippen molar-refractivity contribution < 1.29 is 0 Å². The van der Waals surface area contributed by atoms with Gasteiger partial charge in [0.05, 0.1) is 12.2 Å². The molecule has 1 aromatic rings. The number of anilines is 1. The molecule has 1 aromatic heterocycles. The standard InChI is InChI=1S/C17H31N5S/c1-4-18-16(19-11-7-10-14-8-5-6-9-14)20-12-15-13-23-17(21-15)22(2)3/h13-14H,4-12H2,1-3H3,(H2,18,19,20). The number of aliphatic imine (C=N–C) groups is 1. The largest absolute Gasteiger partial charge is 0.357 e. The molecule has 1 fully saturated rings. The molecule has 0 saturated heterocycles. The molecular weight excluding hydrogens is 306 g/mol. The summed E-state index contributed by atoms with van der Waals surface area (Å²) in [7, 11) is 4.03. The second-order valence-electron chi connectivity index (χ2n) is 6.43. The van der Waals surface area contributed by atoms with Crippen LogP contribution >= 0.6 is 11.3 Å². The molecule has 130 valence electrons. The lowest BCUT2D eigenvalue weighted by molar-refractivity contribution is 0.481. The van der Waals surface area contributed by atoms with E-state index in [-0.39, 0.29) is 0 Å². The first-order chi connectivity index (χ1) is 11.2. The quantitative estimate of drug-likeness (QED) is 0.434. The zero-order valence-corrected chi connectivity index (χ0v) is 15.6. The van der Waals surface area contributed by atoms with E-state index >= 15 is 0 Å². The first kappa shape index (κ1) is 18.0. The van der Waals surface area contributed by atoms with Crippen LogP contribution in [0.4, 0.5) is 5.13 Å². The molecule has 2 N–H and O–H groups in total. The predicted octanol–water partition coefficient (Wildman–Crippen LogP) is 3.23. The van der Waals surface area contributed by atoms with E-state index in [4.69, 9.17) is 0 Å². The van der Waals surface area contributed by atoms with Crippen molar-refractivity contribution in [3.63, 3.8) is 0 Å². The lowest BCUT2D eigenvalue weighted by Crippen LogP contribution is -2.37. The van der Waals surface area contributed by atoms with Crippen LogP contribution in [0.15, 0.2) is 10.4 Å². The fourth-order valence-corrected chi connectivity index (χ4v) is 3.72. The third-order valence-electron chi connectivity index (χ3n) is 4.22. The van der Waals surface area contributed by atoms with Gasteiger partial charge in [-0.15, -0.1) is 11.3 Å². The third kappa shape index (κ3) is 6.37. The molecule has 0 bridgehead atoms. The summed E-state index contributed by atoms with van der Waals surface area (Å²) in [6.45, 7) is 4.61. The highest BCUT2D eigenvalue weighted by Crippen LogP contribution is 2.28. The van der Waals surface area contributed by atoms with E-state index in [1.54, 1.807) is 11.3 Å². The number of nitrogens with one attached hydrogen (secondary N) is 2. The molecule has 0 aliphatic heterocycles. The second kappa shape index (κ2) is 9.75. The van der Waals surface area contributed by atoms with Crippen molar-refractivity contribution in [2.24, 2.45) is 10.9 Å². The smallest absolute Gasteiger partial charge is 0.191 e. The Labute approximate surface area is 144 Å². The normalized spacial score (nSPS) is 15.9. The van der Waals surface area contributed by atoms with E-state index in [2.05, 4.69) is 32.9 Å². The fraction of sp³-hybridized carbons (Fsp3) is 0.765. The van der Waals surface area contributed by atoms with Gasteiger partial charge in [0.1, 0.15) is 0 Å². The van der Waals surface area contributed by atoms with E-state index in [0.717, 1.165) is 35.8 Å². The summed E-state index contributed by atoms with van der Waals surface area (Å²) in [5.41, 5.74) is 1.03. The van der Waals surface area contributed by atoms with Gasteiger partial charge in [0.15, 0.2) is 11.1 Å². The molecule has 0 spiro atoms. The Morgan fingerprint density at radius 1 is 1.35 bits per heavy atom. The van der Waals surface area contributed by atoms with Crippen LogP contribution in [-0.2, 0) is 6.54 Å². The lowest BCUT2D eigenvalue weighted by Gasteiger charge is -2.12. The van der Waals surface area contributed by atoms with Crippen LogP contribution in [0.2, 0.25) is 0 Å². The molecule has 0 radical (unpaired) electrons. The Hall–Kier alpha value is -1.30. The Morgan fingerprint density at radius 3 is 2.78 bits per heavy atom. The van der Waals surface area contributed by atoms with Crippen molar-refractivity contribution in [2.45, 2.75) is 52.0 Å². The molecule has 0 atom stereocenters. The van der Waals surface area contributed by atoms with Crippen LogP contribution in [-0.4, -0.2) is 38.1 Å². The second-order valence-corrected chi connectivity index (χ2v) is 7.27. The molecule has 5 nitrogen and oxygen atoms in total. The fourth-order valence-electron chi connectivity index (χ4n) is 2.97. The average molecular weight is 338 g/mol. The average Bonchev–Trinajstić information content (AvgIpc) is 3.20. The molecule has 6 heteroatoms. The van der Waals surface area contributed by atoms with Gasteiger partial charge < -0.3 is 15.5 Å². The van der Waals surface area contributed by atoms with E-state index in [1.165, 1.54) is 38.5 Å². The molecule has 1 heterocycles. The van der Waals surface area contributed by atoms with Gasteiger partial charge in [-0.05, 0) is 25.7 Å². The first-order valence-corrected chi connectivity index (χ1v) is 9.71. The van der Waals surface area contributed by atoms with Crippen LogP contribution < -0.4 is 15.5 Å². The minimum absolute atomic E-state index is 0.627. The summed E-state index contributed by atoms with van der Waals surface area (Å²) >= 11 is 1.66. The van der Waals surface area contributed by atoms with Gasteiger partial charge in [-0.25, -0.2) is 9.98 Å². The molecule has 0 aromatic carbocycles. The monoisotopic (exact) mass is 337 g/mol. The number of hydrogen-bond donors (Lipinski definition) is 2. The molecule has 1 aliphatic rings. The Morgan fingerprint density at radius 2 is 2.13 bits per heavy atom. The number of aromatic nitrogens is 1. The van der Waals surface area contributed by atoms with E-state index < -0.39 is 0 Å². The predicted molar refractivity (Wildman–Crippen MR) is 100 cm³/mol. The van der Waals surface area contributed by atoms with Gasteiger partial charge in [-0.2, -0.15) is 0 Å². The minimum atomic E-state index is 0.627. The van der Waals surface area contributed by atoms with Crippen LogP contribution in [0.1, 0.15) is 51.1 Å². The van der Waals surface area contributed by atoms with Gasteiger partial charge in [-0.3, -0.25) is 0 Å². The lowest BCUT2D eigenvalue weighted by atomic mass is 10.0. The van der Waals surface area contributed by atoms with Crippen LogP contribution in [0.3, 0.4) is 0 Å². The van der Waals surface area contributed by atoms with Crippen molar-refractivity contribution in [3.05, 3.63) is 11.1 Å². The molecule has 2 rings (SSSR count). The Kier molecular flexibility index (Phi) is 7.65. The topological polar surface area (TPSA) is 52.6 Å². The molecule has 0 unspecified atom stereocenters. The maximum Gasteiger partial charge on any atom is 0.191 e. The summed E-state index contributed by atoms with van der Waals surface area (Å²) in [6.07, 6.45) is 8.33. The number of thiazole rings is 1. The van der Waals surface area contributed by atoms with Crippen LogP contribution in [0.5, 0.6) is 0 Å². The third-order valence-corrected chi connectivity index (χ3v) is 5.28. The maximum absolute atomic E-state index is 4.65. The Bertz CT molecular complexity index is 477. The van der Waals surface area contributed by atoms with E-state index in [0.29, 0.717) is 6.54 Å².